The normalized spacial score (nSPS) is 19.2. The van der Waals surface area contributed by atoms with Gasteiger partial charge in [-0.05, 0) is 109 Å². The summed E-state index contributed by atoms with van der Waals surface area (Å²) in [5, 5.41) is 7.91. The van der Waals surface area contributed by atoms with E-state index in [1.54, 1.807) is 5.57 Å². The summed E-state index contributed by atoms with van der Waals surface area (Å²) in [7, 11) is 0. The van der Waals surface area contributed by atoms with Gasteiger partial charge in [0.1, 0.15) is 0 Å². The third-order valence-corrected chi connectivity index (χ3v) is 10.4. The summed E-state index contributed by atoms with van der Waals surface area (Å²) in [6.45, 7) is 0. The predicted octanol–water partition coefficient (Wildman–Crippen LogP) is 12.6. The summed E-state index contributed by atoms with van der Waals surface area (Å²) in [5.41, 5.74) is 11.2. The molecule has 0 heterocycles. The molecule has 0 saturated heterocycles. The van der Waals surface area contributed by atoms with Crippen LogP contribution >= 0.6 is 0 Å². The molecular formula is C46H36. The molecule has 2 atom stereocenters. The van der Waals surface area contributed by atoms with Gasteiger partial charge in [0.2, 0.25) is 0 Å². The number of benzene rings is 6. The molecule has 46 heavy (non-hydrogen) atoms. The van der Waals surface area contributed by atoms with Crippen LogP contribution in [0.1, 0.15) is 48.3 Å². The Morgan fingerprint density at radius 2 is 1.20 bits per heavy atom. The fourth-order valence-electron chi connectivity index (χ4n) is 8.24. The summed E-state index contributed by atoms with van der Waals surface area (Å²) in [6, 6.07) is 43.2. The van der Waals surface area contributed by atoms with Crippen molar-refractivity contribution in [3.8, 4) is 11.1 Å². The second kappa shape index (κ2) is 11.3. The first-order valence-electron chi connectivity index (χ1n) is 16.8. The summed E-state index contributed by atoms with van der Waals surface area (Å²) in [4.78, 5) is 0. The third kappa shape index (κ3) is 4.52. The molecule has 6 aromatic rings. The lowest BCUT2D eigenvalue weighted by Crippen LogP contribution is -2.12. The van der Waals surface area contributed by atoms with Crippen molar-refractivity contribution in [2.24, 2.45) is 5.92 Å². The lowest BCUT2D eigenvalue weighted by molar-refractivity contribution is 0.695. The molecule has 0 aliphatic heterocycles. The van der Waals surface area contributed by atoms with E-state index in [9.17, 15) is 0 Å². The highest BCUT2D eigenvalue weighted by molar-refractivity contribution is 6.22. The molecule has 0 N–H and O–H groups in total. The van der Waals surface area contributed by atoms with Gasteiger partial charge in [-0.3, -0.25) is 0 Å². The minimum Gasteiger partial charge on any atom is -0.0876 e. The lowest BCUT2D eigenvalue weighted by atomic mass is 9.73. The first-order valence-corrected chi connectivity index (χ1v) is 16.8. The van der Waals surface area contributed by atoms with E-state index in [4.69, 9.17) is 0 Å². The summed E-state index contributed by atoms with van der Waals surface area (Å²) in [5.74, 6) is 0.829. The van der Waals surface area contributed by atoms with E-state index in [0.717, 1.165) is 25.7 Å². The zero-order valence-corrected chi connectivity index (χ0v) is 26.0. The van der Waals surface area contributed by atoms with Crippen molar-refractivity contribution in [3.05, 3.63) is 180 Å². The van der Waals surface area contributed by atoms with Crippen LogP contribution in [0.3, 0.4) is 0 Å². The van der Waals surface area contributed by atoms with Crippen LogP contribution < -0.4 is 0 Å². The largest absolute Gasteiger partial charge is 0.0876 e. The highest BCUT2D eigenvalue weighted by Gasteiger charge is 2.28. The van der Waals surface area contributed by atoms with Crippen LogP contribution in [0, 0.1) is 5.92 Å². The highest BCUT2D eigenvalue weighted by Crippen LogP contribution is 2.50. The number of fused-ring (bicyclic) bond motifs is 4. The number of rotatable bonds is 4. The molecule has 2 unspecified atom stereocenters. The Hall–Kier alpha value is -5.20. The van der Waals surface area contributed by atoms with Gasteiger partial charge in [0.25, 0.3) is 0 Å². The van der Waals surface area contributed by atoms with Crippen LogP contribution in [0.2, 0.25) is 0 Å². The quantitative estimate of drug-likeness (QED) is 0.142. The van der Waals surface area contributed by atoms with E-state index in [1.165, 1.54) is 71.3 Å². The van der Waals surface area contributed by atoms with Gasteiger partial charge >= 0.3 is 0 Å². The molecule has 6 aromatic carbocycles. The van der Waals surface area contributed by atoms with Gasteiger partial charge < -0.3 is 0 Å². The van der Waals surface area contributed by atoms with Crippen LogP contribution in [0.15, 0.2) is 163 Å². The summed E-state index contributed by atoms with van der Waals surface area (Å²) < 4.78 is 0. The molecule has 0 bridgehead atoms. The molecule has 0 heteroatoms. The van der Waals surface area contributed by atoms with E-state index >= 15 is 0 Å². The van der Waals surface area contributed by atoms with Crippen molar-refractivity contribution in [1.29, 1.82) is 0 Å². The fourth-order valence-corrected chi connectivity index (χ4v) is 8.24. The van der Waals surface area contributed by atoms with Crippen LogP contribution in [-0.2, 0) is 0 Å². The maximum absolute atomic E-state index is 2.56. The van der Waals surface area contributed by atoms with Crippen molar-refractivity contribution in [2.75, 3.05) is 0 Å². The van der Waals surface area contributed by atoms with E-state index in [2.05, 4.69) is 158 Å². The van der Waals surface area contributed by atoms with Crippen molar-refractivity contribution < 1.29 is 0 Å². The van der Waals surface area contributed by atoms with Gasteiger partial charge in [0, 0.05) is 11.8 Å². The van der Waals surface area contributed by atoms with Crippen LogP contribution in [-0.4, -0.2) is 0 Å². The van der Waals surface area contributed by atoms with Gasteiger partial charge in [0.05, 0.1) is 0 Å². The monoisotopic (exact) mass is 588 g/mol. The molecule has 0 nitrogen and oxygen atoms in total. The number of allylic oxidation sites excluding steroid dienone is 10. The standard InChI is InChI=1S/C46H36/c1-3-15-31(16-4-1)41-27-33-19-7-9-21-35(33)29-43(41)45-37-23-11-13-25-39(37)46(40-26-14-12-24-38(40)45)44-30-36-22-10-8-20-34(36)28-42(44)32-17-5-2-6-18-32/h1-9,11-15,17-21,23-27,29-31,34H,10,16,22,28H2. The molecule has 3 aliphatic rings. The van der Waals surface area contributed by atoms with Crippen molar-refractivity contribution in [1.82, 2.24) is 0 Å². The smallest absolute Gasteiger partial charge is 0.00620 e. The second-order valence-corrected chi connectivity index (χ2v) is 13.0. The average molecular weight is 589 g/mol. The molecule has 0 spiro atoms. The van der Waals surface area contributed by atoms with Gasteiger partial charge in [-0.2, -0.15) is 0 Å². The topological polar surface area (TPSA) is 0 Å². The minimum atomic E-state index is 0.341. The Balaban J connectivity index is 1.39. The molecule has 3 aliphatic carbocycles. The molecule has 220 valence electrons. The van der Waals surface area contributed by atoms with Crippen LogP contribution in [0.4, 0.5) is 0 Å². The number of hydrogen-bond donors (Lipinski definition) is 0. The Bertz CT molecular complexity index is 2250. The molecule has 0 amide bonds. The van der Waals surface area contributed by atoms with Crippen molar-refractivity contribution in [2.45, 2.75) is 31.6 Å². The SMILES string of the molecule is C1=CCC(c2cc3ccccc3cc2-c2c3ccccc3c(C3=C(c4ccccc4)CC4C=CCCC4=C3)c3ccccc23)C=C1. The first kappa shape index (κ1) is 27.1. The Labute approximate surface area is 271 Å². The van der Waals surface area contributed by atoms with E-state index in [1.807, 2.05) is 0 Å². The molecule has 9 rings (SSSR count). The fraction of sp³-hybridized carbons (Fsp3) is 0.130. The van der Waals surface area contributed by atoms with E-state index in [-0.39, 0.29) is 0 Å². The average Bonchev–Trinajstić information content (AvgIpc) is 3.13. The summed E-state index contributed by atoms with van der Waals surface area (Å²) in [6.07, 6.45) is 20.8. The van der Waals surface area contributed by atoms with E-state index < -0.39 is 0 Å². The molecular weight excluding hydrogens is 553 g/mol. The molecule has 0 saturated carbocycles. The lowest BCUT2D eigenvalue weighted by Gasteiger charge is -2.30. The highest BCUT2D eigenvalue weighted by atomic mass is 14.3. The van der Waals surface area contributed by atoms with Crippen molar-refractivity contribution >= 4 is 43.5 Å². The first-order chi connectivity index (χ1) is 22.8. The Kier molecular flexibility index (Phi) is 6.67. The number of hydrogen-bond acceptors (Lipinski definition) is 0. The van der Waals surface area contributed by atoms with E-state index in [0.29, 0.717) is 11.8 Å². The van der Waals surface area contributed by atoms with Crippen LogP contribution in [0.25, 0.3) is 54.6 Å². The minimum absolute atomic E-state index is 0.341. The maximum atomic E-state index is 2.56. The van der Waals surface area contributed by atoms with Crippen LogP contribution in [0.5, 0.6) is 0 Å². The maximum Gasteiger partial charge on any atom is 0.00620 e. The summed E-state index contributed by atoms with van der Waals surface area (Å²) >= 11 is 0. The molecule has 0 aromatic heterocycles. The van der Waals surface area contributed by atoms with Gasteiger partial charge in [-0.15, -0.1) is 0 Å². The Morgan fingerprint density at radius 1 is 0.543 bits per heavy atom. The van der Waals surface area contributed by atoms with Crippen molar-refractivity contribution in [3.63, 3.8) is 0 Å². The second-order valence-electron chi connectivity index (χ2n) is 13.0. The van der Waals surface area contributed by atoms with Gasteiger partial charge in [-0.1, -0.05) is 151 Å². The third-order valence-electron chi connectivity index (χ3n) is 10.4. The molecule has 0 fully saturated rings. The Morgan fingerprint density at radius 3 is 1.89 bits per heavy atom. The zero-order valence-electron chi connectivity index (χ0n) is 26.0. The zero-order chi connectivity index (χ0) is 30.5. The molecule has 0 radical (unpaired) electrons. The predicted molar refractivity (Wildman–Crippen MR) is 198 cm³/mol. The van der Waals surface area contributed by atoms with Gasteiger partial charge in [0.15, 0.2) is 0 Å². The van der Waals surface area contributed by atoms with Gasteiger partial charge in [-0.25, -0.2) is 0 Å².